The summed E-state index contributed by atoms with van der Waals surface area (Å²) in [6.07, 6.45) is 1.31. The molecule has 0 aromatic carbocycles. The number of carbonyl (C=O) groups excluding carboxylic acids is 1. The highest BCUT2D eigenvalue weighted by Gasteiger charge is 2.52. The normalized spacial score (nSPS) is 37.5. The first-order chi connectivity index (χ1) is 6.59. The summed E-state index contributed by atoms with van der Waals surface area (Å²) in [4.78, 5) is 21.7. The van der Waals surface area contributed by atoms with Gasteiger partial charge >= 0.3 is 5.97 Å². The second kappa shape index (κ2) is 3.33. The van der Waals surface area contributed by atoms with Gasteiger partial charge in [0.1, 0.15) is 12.1 Å². The SMILES string of the molecule is N[C@@H](C[C@H]1CCC(=O)[C@@H]2O[C@@H]12)C(=O)O. The smallest absolute Gasteiger partial charge is 0.320 e. The maximum absolute atomic E-state index is 11.1. The Kier molecular flexibility index (Phi) is 2.28. The summed E-state index contributed by atoms with van der Waals surface area (Å²) in [6.45, 7) is 0. The van der Waals surface area contributed by atoms with Crippen LogP contribution < -0.4 is 5.73 Å². The van der Waals surface area contributed by atoms with Gasteiger partial charge in [-0.25, -0.2) is 0 Å². The van der Waals surface area contributed by atoms with Crippen molar-refractivity contribution in [3.63, 3.8) is 0 Å². The molecular weight excluding hydrogens is 186 g/mol. The highest BCUT2D eigenvalue weighted by molar-refractivity contribution is 5.87. The lowest BCUT2D eigenvalue weighted by Crippen LogP contribution is -2.35. The minimum atomic E-state index is -0.987. The van der Waals surface area contributed by atoms with Crippen molar-refractivity contribution >= 4 is 11.8 Å². The van der Waals surface area contributed by atoms with Crippen molar-refractivity contribution in [1.82, 2.24) is 0 Å². The van der Waals surface area contributed by atoms with Gasteiger partial charge in [0.2, 0.25) is 0 Å². The van der Waals surface area contributed by atoms with Crippen LogP contribution in [-0.4, -0.2) is 35.1 Å². The second-order valence-corrected chi connectivity index (χ2v) is 3.97. The predicted molar refractivity (Wildman–Crippen MR) is 46.6 cm³/mol. The summed E-state index contributed by atoms with van der Waals surface area (Å²) in [6, 6.07) is -0.835. The monoisotopic (exact) mass is 199 g/mol. The molecule has 2 rings (SSSR count). The predicted octanol–water partition coefficient (Wildman–Crippen LogP) is -0.465. The Labute approximate surface area is 81.2 Å². The molecule has 1 saturated heterocycles. The lowest BCUT2D eigenvalue weighted by atomic mass is 9.84. The number of ether oxygens (including phenoxy) is 1. The van der Waals surface area contributed by atoms with E-state index < -0.39 is 12.0 Å². The molecule has 0 radical (unpaired) electrons. The minimum absolute atomic E-state index is 0.0540. The van der Waals surface area contributed by atoms with E-state index in [9.17, 15) is 9.59 Å². The lowest BCUT2D eigenvalue weighted by Gasteiger charge is -2.19. The largest absolute Gasteiger partial charge is 0.480 e. The fourth-order valence-corrected chi connectivity index (χ4v) is 2.05. The Morgan fingerprint density at radius 2 is 2.43 bits per heavy atom. The van der Waals surface area contributed by atoms with Crippen molar-refractivity contribution in [3.05, 3.63) is 0 Å². The quantitative estimate of drug-likeness (QED) is 0.599. The second-order valence-electron chi connectivity index (χ2n) is 3.97. The molecule has 5 nitrogen and oxygen atoms in total. The molecule has 0 aromatic heterocycles. The highest BCUT2D eigenvalue weighted by Crippen LogP contribution is 2.40. The number of rotatable bonds is 3. The summed E-state index contributed by atoms with van der Waals surface area (Å²) >= 11 is 0. The number of carboxylic acid groups (broad SMARTS) is 1. The van der Waals surface area contributed by atoms with Gasteiger partial charge in [0.15, 0.2) is 5.78 Å². The van der Waals surface area contributed by atoms with E-state index in [2.05, 4.69) is 0 Å². The van der Waals surface area contributed by atoms with E-state index in [0.717, 1.165) is 0 Å². The number of hydrogen-bond donors (Lipinski definition) is 2. The maximum atomic E-state index is 11.1. The molecule has 0 spiro atoms. The number of carboxylic acids is 1. The summed E-state index contributed by atoms with van der Waals surface area (Å²) in [5.41, 5.74) is 5.42. The number of carbonyl (C=O) groups is 2. The van der Waals surface area contributed by atoms with Crippen molar-refractivity contribution in [1.29, 1.82) is 0 Å². The topological polar surface area (TPSA) is 92.9 Å². The van der Waals surface area contributed by atoms with Crippen molar-refractivity contribution in [2.24, 2.45) is 11.7 Å². The lowest BCUT2D eigenvalue weighted by molar-refractivity contribution is -0.139. The van der Waals surface area contributed by atoms with E-state index in [0.29, 0.717) is 19.3 Å². The van der Waals surface area contributed by atoms with Crippen LogP contribution >= 0.6 is 0 Å². The third kappa shape index (κ3) is 1.65. The standard InChI is InChI=1S/C9H13NO4/c10-5(9(12)13)3-4-1-2-6(11)8-7(4)14-8/h4-5,7-8H,1-3,10H2,(H,12,13)/t4-,5+,7+,8+/m1/s1. The van der Waals surface area contributed by atoms with E-state index >= 15 is 0 Å². The maximum Gasteiger partial charge on any atom is 0.320 e. The van der Waals surface area contributed by atoms with Crippen LogP contribution in [-0.2, 0) is 14.3 Å². The van der Waals surface area contributed by atoms with E-state index in [1.807, 2.05) is 0 Å². The van der Waals surface area contributed by atoms with Gasteiger partial charge < -0.3 is 15.6 Å². The molecule has 0 bridgehead atoms. The number of fused-ring (bicyclic) bond motifs is 1. The van der Waals surface area contributed by atoms with Crippen LogP contribution in [0.5, 0.6) is 0 Å². The number of aliphatic carboxylic acids is 1. The molecule has 1 aliphatic heterocycles. The van der Waals surface area contributed by atoms with Crippen LogP contribution in [0.15, 0.2) is 0 Å². The molecule has 0 unspecified atom stereocenters. The van der Waals surface area contributed by atoms with Gasteiger partial charge in [0.25, 0.3) is 0 Å². The van der Waals surface area contributed by atoms with Crippen molar-refractivity contribution in [2.45, 2.75) is 37.5 Å². The molecule has 78 valence electrons. The average molecular weight is 199 g/mol. The van der Waals surface area contributed by atoms with Crippen molar-refractivity contribution < 1.29 is 19.4 Å². The van der Waals surface area contributed by atoms with Gasteiger partial charge in [-0.1, -0.05) is 0 Å². The van der Waals surface area contributed by atoms with Crippen LogP contribution in [0.2, 0.25) is 0 Å². The fourth-order valence-electron chi connectivity index (χ4n) is 2.05. The number of hydrogen-bond acceptors (Lipinski definition) is 4. The highest BCUT2D eigenvalue weighted by atomic mass is 16.6. The first-order valence-electron chi connectivity index (χ1n) is 4.76. The van der Waals surface area contributed by atoms with Crippen LogP contribution in [0.25, 0.3) is 0 Å². The molecule has 2 fully saturated rings. The van der Waals surface area contributed by atoms with E-state index in [1.165, 1.54) is 0 Å². The number of ketones is 1. The van der Waals surface area contributed by atoms with Gasteiger partial charge in [0.05, 0.1) is 6.10 Å². The van der Waals surface area contributed by atoms with Crippen LogP contribution in [0.3, 0.4) is 0 Å². The fraction of sp³-hybridized carbons (Fsp3) is 0.778. The summed E-state index contributed by atoms with van der Waals surface area (Å²) in [5, 5.41) is 8.63. The zero-order chi connectivity index (χ0) is 10.3. The van der Waals surface area contributed by atoms with E-state index in [4.69, 9.17) is 15.6 Å². The zero-order valence-corrected chi connectivity index (χ0v) is 7.68. The van der Waals surface area contributed by atoms with E-state index in [-0.39, 0.29) is 23.9 Å². The zero-order valence-electron chi connectivity index (χ0n) is 7.68. The molecule has 14 heavy (non-hydrogen) atoms. The first-order valence-corrected chi connectivity index (χ1v) is 4.76. The summed E-state index contributed by atoms with van der Waals surface area (Å²) in [5.74, 6) is -0.696. The molecule has 5 heteroatoms. The summed E-state index contributed by atoms with van der Waals surface area (Å²) in [7, 11) is 0. The molecule has 1 heterocycles. The Morgan fingerprint density at radius 3 is 3.07 bits per heavy atom. The average Bonchev–Trinajstić information content (AvgIpc) is 2.89. The van der Waals surface area contributed by atoms with Crippen LogP contribution in [0, 0.1) is 5.92 Å². The molecule has 0 amide bonds. The Bertz CT molecular complexity index is 278. The molecule has 0 aromatic rings. The third-order valence-electron chi connectivity index (χ3n) is 2.94. The Balaban J connectivity index is 1.88. The molecule has 3 N–H and O–H groups in total. The van der Waals surface area contributed by atoms with Crippen molar-refractivity contribution in [3.8, 4) is 0 Å². The number of nitrogens with two attached hydrogens (primary N) is 1. The minimum Gasteiger partial charge on any atom is -0.480 e. The number of Topliss-reactive ketones (excluding diaryl/α,β-unsaturated/α-hetero) is 1. The van der Waals surface area contributed by atoms with Gasteiger partial charge in [-0.05, 0) is 18.8 Å². The van der Waals surface area contributed by atoms with Gasteiger partial charge in [0, 0.05) is 6.42 Å². The van der Waals surface area contributed by atoms with Gasteiger partial charge in [-0.3, -0.25) is 9.59 Å². The molecule has 4 atom stereocenters. The molecule has 2 aliphatic rings. The third-order valence-corrected chi connectivity index (χ3v) is 2.94. The van der Waals surface area contributed by atoms with Crippen LogP contribution in [0.1, 0.15) is 19.3 Å². The molecular formula is C9H13NO4. The van der Waals surface area contributed by atoms with Crippen LogP contribution in [0.4, 0.5) is 0 Å². The Hall–Kier alpha value is -0.940. The number of epoxide rings is 1. The first kappa shape index (κ1) is 9.61. The van der Waals surface area contributed by atoms with Gasteiger partial charge in [-0.2, -0.15) is 0 Å². The van der Waals surface area contributed by atoms with Crippen molar-refractivity contribution in [2.75, 3.05) is 0 Å². The van der Waals surface area contributed by atoms with Gasteiger partial charge in [-0.15, -0.1) is 0 Å². The summed E-state index contributed by atoms with van der Waals surface area (Å²) < 4.78 is 5.19. The molecule has 1 aliphatic carbocycles. The Morgan fingerprint density at radius 1 is 1.71 bits per heavy atom. The van der Waals surface area contributed by atoms with E-state index in [1.54, 1.807) is 0 Å². The molecule has 1 saturated carbocycles.